The lowest BCUT2D eigenvalue weighted by Gasteiger charge is -2.37. The summed E-state index contributed by atoms with van der Waals surface area (Å²) in [7, 11) is 1.44. The molecule has 1 heterocycles. The first-order chi connectivity index (χ1) is 10.8. The van der Waals surface area contributed by atoms with Gasteiger partial charge in [0.1, 0.15) is 5.60 Å². The zero-order valence-corrected chi connectivity index (χ0v) is 14.2. The maximum absolute atomic E-state index is 13.5. The van der Waals surface area contributed by atoms with E-state index in [1.165, 1.54) is 13.2 Å². The Labute approximate surface area is 136 Å². The topological polar surface area (TPSA) is 50.8 Å². The van der Waals surface area contributed by atoms with Crippen LogP contribution >= 0.6 is 0 Å². The van der Waals surface area contributed by atoms with Crippen LogP contribution in [0.4, 0.5) is 9.18 Å². The van der Waals surface area contributed by atoms with Gasteiger partial charge in [0.25, 0.3) is 0 Å². The van der Waals surface area contributed by atoms with Crippen molar-refractivity contribution in [2.75, 3.05) is 26.7 Å². The third-order valence-electron chi connectivity index (χ3n) is 3.67. The van der Waals surface area contributed by atoms with Crippen LogP contribution in [0, 0.1) is 5.82 Å². The first-order valence-corrected chi connectivity index (χ1v) is 7.83. The minimum Gasteiger partial charge on any atom is -0.494 e. The Kier molecular flexibility index (Phi) is 5.46. The minimum atomic E-state index is -0.522. The van der Waals surface area contributed by atoms with Crippen LogP contribution in [-0.4, -0.2) is 49.4 Å². The zero-order chi connectivity index (χ0) is 17.0. The Morgan fingerprint density at radius 2 is 2.17 bits per heavy atom. The molecule has 1 aromatic rings. The second-order valence-electron chi connectivity index (χ2n) is 6.70. The number of benzene rings is 1. The van der Waals surface area contributed by atoms with E-state index in [4.69, 9.17) is 9.47 Å². The first kappa shape index (κ1) is 17.5. The van der Waals surface area contributed by atoms with Crippen molar-refractivity contribution in [2.45, 2.75) is 38.8 Å². The molecule has 0 unspecified atom stereocenters. The monoisotopic (exact) mass is 324 g/mol. The number of hydrogen-bond acceptors (Lipinski definition) is 4. The molecular formula is C17H25FN2O3. The number of halogens is 1. The van der Waals surface area contributed by atoms with E-state index in [-0.39, 0.29) is 23.7 Å². The summed E-state index contributed by atoms with van der Waals surface area (Å²) in [5.74, 6) is -0.169. The van der Waals surface area contributed by atoms with Crippen LogP contribution < -0.4 is 10.1 Å². The van der Waals surface area contributed by atoms with Gasteiger partial charge in [-0.1, -0.05) is 6.07 Å². The van der Waals surface area contributed by atoms with Crippen LogP contribution in [-0.2, 0) is 11.2 Å². The van der Waals surface area contributed by atoms with E-state index < -0.39 is 5.60 Å². The Hall–Kier alpha value is -1.82. The van der Waals surface area contributed by atoms with Gasteiger partial charge < -0.3 is 19.7 Å². The Balaban J connectivity index is 2.11. The van der Waals surface area contributed by atoms with E-state index >= 15 is 0 Å². The molecule has 0 bridgehead atoms. The molecule has 128 valence electrons. The number of methoxy groups -OCH3 is 1. The fraction of sp³-hybridized carbons (Fsp3) is 0.588. The molecule has 23 heavy (non-hydrogen) atoms. The summed E-state index contributed by atoms with van der Waals surface area (Å²) in [5.41, 5.74) is 0.400. The molecule has 5 nitrogen and oxygen atoms in total. The Morgan fingerprint density at radius 1 is 1.43 bits per heavy atom. The molecule has 1 aliphatic rings. The van der Waals surface area contributed by atoms with Crippen molar-refractivity contribution in [1.82, 2.24) is 10.2 Å². The average Bonchev–Trinajstić information content (AvgIpc) is 2.48. The molecule has 2 rings (SSSR count). The number of amides is 1. The maximum Gasteiger partial charge on any atom is 0.410 e. The van der Waals surface area contributed by atoms with E-state index in [0.29, 0.717) is 19.5 Å². The summed E-state index contributed by atoms with van der Waals surface area (Å²) in [6, 6.07) is 4.76. The third-order valence-corrected chi connectivity index (χ3v) is 3.67. The molecule has 1 atom stereocenters. The van der Waals surface area contributed by atoms with E-state index in [9.17, 15) is 9.18 Å². The predicted octanol–water partition coefficient (Wildman–Crippen LogP) is 2.59. The summed E-state index contributed by atoms with van der Waals surface area (Å²) in [6.07, 6.45) is 0.307. The van der Waals surface area contributed by atoms with Gasteiger partial charge in [-0.3, -0.25) is 0 Å². The third kappa shape index (κ3) is 4.82. The fourth-order valence-corrected chi connectivity index (χ4v) is 2.61. The quantitative estimate of drug-likeness (QED) is 0.928. The van der Waals surface area contributed by atoms with Gasteiger partial charge >= 0.3 is 6.09 Å². The maximum atomic E-state index is 13.5. The van der Waals surface area contributed by atoms with Crippen LogP contribution in [0.1, 0.15) is 26.3 Å². The smallest absolute Gasteiger partial charge is 0.410 e. The van der Waals surface area contributed by atoms with Gasteiger partial charge in [-0.05, 0) is 44.9 Å². The van der Waals surface area contributed by atoms with Crippen molar-refractivity contribution in [1.29, 1.82) is 0 Å². The lowest BCUT2D eigenvalue weighted by atomic mass is 10.0. The molecule has 1 saturated heterocycles. The van der Waals surface area contributed by atoms with Crippen molar-refractivity contribution in [3.8, 4) is 5.75 Å². The summed E-state index contributed by atoms with van der Waals surface area (Å²) < 4.78 is 24.0. The van der Waals surface area contributed by atoms with Crippen LogP contribution in [0.25, 0.3) is 0 Å². The van der Waals surface area contributed by atoms with Crippen LogP contribution in [0.5, 0.6) is 5.75 Å². The Morgan fingerprint density at radius 3 is 2.83 bits per heavy atom. The summed E-state index contributed by atoms with van der Waals surface area (Å²) in [5, 5.41) is 3.29. The molecule has 0 aliphatic carbocycles. The number of carbonyl (C=O) groups excluding carboxylic acids is 1. The van der Waals surface area contributed by atoms with Gasteiger partial charge in [-0.25, -0.2) is 9.18 Å². The number of hydrogen-bond donors (Lipinski definition) is 1. The van der Waals surface area contributed by atoms with Gasteiger partial charge in [0.15, 0.2) is 11.6 Å². The number of ether oxygens (including phenoxy) is 2. The molecule has 6 heteroatoms. The van der Waals surface area contributed by atoms with E-state index in [2.05, 4.69) is 5.32 Å². The number of nitrogens with one attached hydrogen (secondary N) is 1. The lowest BCUT2D eigenvalue weighted by molar-refractivity contribution is 0.0122. The van der Waals surface area contributed by atoms with Gasteiger partial charge in [-0.2, -0.15) is 0 Å². The molecule has 1 aromatic carbocycles. The van der Waals surface area contributed by atoms with Gasteiger partial charge in [0.2, 0.25) is 0 Å². The normalized spacial score (nSPS) is 18.7. The van der Waals surface area contributed by atoms with Gasteiger partial charge in [-0.15, -0.1) is 0 Å². The summed E-state index contributed by atoms with van der Waals surface area (Å²) in [6.45, 7) is 7.58. The summed E-state index contributed by atoms with van der Waals surface area (Å²) in [4.78, 5) is 14.1. The average molecular weight is 324 g/mol. The SMILES string of the molecule is COc1cc(C[C@@H]2CNCCN2C(=O)OC(C)(C)C)ccc1F. The van der Waals surface area contributed by atoms with Crippen molar-refractivity contribution in [3.63, 3.8) is 0 Å². The highest BCUT2D eigenvalue weighted by molar-refractivity contribution is 5.68. The highest BCUT2D eigenvalue weighted by atomic mass is 19.1. The van der Waals surface area contributed by atoms with E-state index in [0.717, 1.165) is 12.1 Å². The number of carbonyl (C=O) groups is 1. The number of rotatable bonds is 3. The molecule has 1 N–H and O–H groups in total. The minimum absolute atomic E-state index is 0.0335. The predicted molar refractivity (Wildman–Crippen MR) is 86.3 cm³/mol. The van der Waals surface area contributed by atoms with Gasteiger partial charge in [0.05, 0.1) is 13.2 Å². The highest BCUT2D eigenvalue weighted by Gasteiger charge is 2.30. The van der Waals surface area contributed by atoms with Crippen molar-refractivity contribution in [2.24, 2.45) is 0 Å². The molecule has 0 aromatic heterocycles. The molecule has 1 amide bonds. The molecular weight excluding hydrogens is 299 g/mol. The van der Waals surface area contributed by atoms with Crippen LogP contribution in [0.2, 0.25) is 0 Å². The molecule has 0 radical (unpaired) electrons. The number of piperazine rings is 1. The van der Waals surface area contributed by atoms with E-state index in [1.807, 2.05) is 20.8 Å². The van der Waals surface area contributed by atoms with Crippen LogP contribution in [0.15, 0.2) is 18.2 Å². The first-order valence-electron chi connectivity index (χ1n) is 7.83. The standard InChI is InChI=1S/C17H25FN2O3/c1-17(2,3)23-16(21)20-8-7-19-11-13(20)9-12-5-6-14(18)15(10-12)22-4/h5-6,10,13,19H,7-9,11H2,1-4H3/t13-/m1/s1. The molecule has 1 aliphatic heterocycles. The van der Waals surface area contributed by atoms with Gasteiger partial charge in [0, 0.05) is 19.6 Å². The molecule has 0 saturated carbocycles. The zero-order valence-electron chi connectivity index (χ0n) is 14.2. The van der Waals surface area contributed by atoms with Crippen LogP contribution in [0.3, 0.4) is 0 Å². The lowest BCUT2D eigenvalue weighted by Crippen LogP contribution is -2.55. The second kappa shape index (κ2) is 7.17. The highest BCUT2D eigenvalue weighted by Crippen LogP contribution is 2.21. The fourth-order valence-electron chi connectivity index (χ4n) is 2.61. The summed E-state index contributed by atoms with van der Waals surface area (Å²) >= 11 is 0. The Bertz CT molecular complexity index is 557. The second-order valence-corrected chi connectivity index (χ2v) is 6.70. The molecule has 0 spiro atoms. The van der Waals surface area contributed by atoms with Crippen molar-refractivity contribution in [3.05, 3.63) is 29.6 Å². The van der Waals surface area contributed by atoms with E-state index in [1.54, 1.807) is 17.0 Å². The molecule has 1 fully saturated rings. The number of nitrogens with zero attached hydrogens (tertiary/aromatic N) is 1. The van der Waals surface area contributed by atoms with Crippen molar-refractivity contribution >= 4 is 6.09 Å². The van der Waals surface area contributed by atoms with Crippen molar-refractivity contribution < 1.29 is 18.7 Å². The largest absolute Gasteiger partial charge is 0.494 e.